The van der Waals surface area contributed by atoms with Gasteiger partial charge in [-0.3, -0.25) is 9.78 Å². The molecule has 2 aromatic rings. The second-order valence-electron chi connectivity index (χ2n) is 5.49. The Labute approximate surface area is 137 Å². The van der Waals surface area contributed by atoms with Crippen molar-refractivity contribution in [2.24, 2.45) is 0 Å². The molecule has 0 radical (unpaired) electrons. The number of aromatic carboxylic acids is 1. The van der Waals surface area contributed by atoms with Gasteiger partial charge in [-0.1, -0.05) is 0 Å². The van der Waals surface area contributed by atoms with Crippen LogP contribution in [0.15, 0.2) is 29.1 Å². The minimum Gasteiger partial charge on any atom is -0.478 e. The SMILES string of the molecule is Nc1nc2c(c(=O)[nH]1)N[C@@H](CCNc1ccc(C(=O)O)cc1)CN2. The molecule has 1 atom stereocenters. The van der Waals surface area contributed by atoms with E-state index in [1.807, 2.05) is 0 Å². The molecule has 0 amide bonds. The predicted molar refractivity (Wildman–Crippen MR) is 91.7 cm³/mol. The van der Waals surface area contributed by atoms with E-state index in [-0.39, 0.29) is 23.1 Å². The van der Waals surface area contributed by atoms with E-state index < -0.39 is 5.97 Å². The summed E-state index contributed by atoms with van der Waals surface area (Å²) in [6.07, 6.45) is 0.761. The molecule has 3 rings (SSSR count). The molecule has 0 saturated carbocycles. The van der Waals surface area contributed by atoms with Gasteiger partial charge < -0.3 is 26.8 Å². The number of H-pyrrole nitrogens is 1. The molecule has 9 nitrogen and oxygen atoms in total. The Kier molecular flexibility index (Phi) is 4.23. The van der Waals surface area contributed by atoms with Crippen molar-refractivity contribution in [2.45, 2.75) is 12.5 Å². The number of fused-ring (bicyclic) bond motifs is 1. The molecule has 126 valence electrons. The van der Waals surface area contributed by atoms with Crippen LogP contribution in [0.2, 0.25) is 0 Å². The van der Waals surface area contributed by atoms with Gasteiger partial charge in [-0.05, 0) is 30.7 Å². The summed E-state index contributed by atoms with van der Waals surface area (Å²) in [5, 5.41) is 18.3. The second kappa shape index (κ2) is 6.49. The van der Waals surface area contributed by atoms with Crippen molar-refractivity contribution in [3.8, 4) is 0 Å². The lowest BCUT2D eigenvalue weighted by molar-refractivity contribution is 0.0697. The van der Waals surface area contributed by atoms with Crippen LogP contribution in [0.5, 0.6) is 0 Å². The number of aromatic amines is 1. The number of anilines is 4. The van der Waals surface area contributed by atoms with E-state index in [2.05, 4.69) is 25.9 Å². The van der Waals surface area contributed by atoms with Crippen molar-refractivity contribution in [1.29, 1.82) is 0 Å². The number of carboxylic acid groups (broad SMARTS) is 1. The number of aromatic nitrogens is 2. The standard InChI is InChI=1S/C15H18N6O3/c16-15-20-12-11(13(22)21-15)19-10(7-18-12)5-6-17-9-3-1-8(2-4-9)14(23)24/h1-4,10,17,19H,5-7H2,(H,23,24)(H4,16,18,20,21,22)/t10-/m0/s1. The van der Waals surface area contributed by atoms with E-state index in [4.69, 9.17) is 10.8 Å². The maximum Gasteiger partial charge on any atom is 0.335 e. The zero-order valence-electron chi connectivity index (χ0n) is 12.8. The minimum atomic E-state index is -0.947. The first-order valence-electron chi connectivity index (χ1n) is 7.50. The molecule has 24 heavy (non-hydrogen) atoms. The Bertz CT molecular complexity index is 802. The number of benzene rings is 1. The van der Waals surface area contributed by atoms with Gasteiger partial charge in [-0.2, -0.15) is 4.98 Å². The largest absolute Gasteiger partial charge is 0.478 e. The van der Waals surface area contributed by atoms with Gasteiger partial charge in [0.25, 0.3) is 5.56 Å². The molecule has 0 unspecified atom stereocenters. The summed E-state index contributed by atoms with van der Waals surface area (Å²) in [7, 11) is 0. The first-order chi connectivity index (χ1) is 11.5. The number of rotatable bonds is 5. The van der Waals surface area contributed by atoms with E-state index in [9.17, 15) is 9.59 Å². The Morgan fingerprint density at radius 2 is 2.12 bits per heavy atom. The van der Waals surface area contributed by atoms with Gasteiger partial charge in [0.15, 0.2) is 5.82 Å². The number of hydrogen-bond donors (Lipinski definition) is 6. The predicted octanol–water partition coefficient (Wildman–Crippen LogP) is 0.758. The monoisotopic (exact) mass is 330 g/mol. The van der Waals surface area contributed by atoms with Gasteiger partial charge in [0, 0.05) is 24.8 Å². The molecule has 0 spiro atoms. The van der Waals surface area contributed by atoms with Crippen LogP contribution in [0.4, 0.5) is 23.1 Å². The molecule has 1 aliphatic rings. The topological polar surface area (TPSA) is 145 Å². The zero-order chi connectivity index (χ0) is 17.1. The number of hydrogen-bond acceptors (Lipinski definition) is 7. The van der Waals surface area contributed by atoms with Crippen LogP contribution < -0.4 is 27.2 Å². The summed E-state index contributed by atoms with van der Waals surface area (Å²) in [5.41, 5.74) is 6.70. The molecule has 0 saturated heterocycles. The van der Waals surface area contributed by atoms with Crippen molar-refractivity contribution >= 4 is 29.1 Å². The molecule has 1 aromatic carbocycles. The lowest BCUT2D eigenvalue weighted by atomic mass is 10.1. The Balaban J connectivity index is 1.54. The van der Waals surface area contributed by atoms with Crippen molar-refractivity contribution in [3.05, 3.63) is 40.2 Å². The van der Waals surface area contributed by atoms with Gasteiger partial charge in [0.1, 0.15) is 5.69 Å². The van der Waals surface area contributed by atoms with E-state index >= 15 is 0 Å². The molecule has 0 fully saturated rings. The number of carboxylic acids is 1. The molecule has 0 bridgehead atoms. The van der Waals surface area contributed by atoms with Crippen molar-refractivity contribution in [1.82, 2.24) is 9.97 Å². The van der Waals surface area contributed by atoms with E-state index in [1.54, 1.807) is 24.3 Å². The first-order valence-corrected chi connectivity index (χ1v) is 7.50. The van der Waals surface area contributed by atoms with Gasteiger partial charge in [-0.15, -0.1) is 0 Å². The van der Waals surface area contributed by atoms with Crippen LogP contribution in [0.25, 0.3) is 0 Å². The van der Waals surface area contributed by atoms with Crippen LogP contribution in [-0.4, -0.2) is 40.2 Å². The molecule has 9 heteroatoms. The van der Waals surface area contributed by atoms with Crippen LogP contribution >= 0.6 is 0 Å². The number of nitrogens with zero attached hydrogens (tertiary/aromatic N) is 1. The van der Waals surface area contributed by atoms with Crippen LogP contribution in [-0.2, 0) is 0 Å². The third kappa shape index (κ3) is 3.40. The highest BCUT2D eigenvalue weighted by atomic mass is 16.4. The summed E-state index contributed by atoms with van der Waals surface area (Å²) in [4.78, 5) is 29.2. The number of nitrogens with one attached hydrogen (secondary N) is 4. The fourth-order valence-electron chi connectivity index (χ4n) is 2.52. The zero-order valence-corrected chi connectivity index (χ0v) is 12.8. The summed E-state index contributed by atoms with van der Waals surface area (Å²) < 4.78 is 0. The Hall–Kier alpha value is -3.23. The Morgan fingerprint density at radius 1 is 1.38 bits per heavy atom. The first kappa shape index (κ1) is 15.7. The van der Waals surface area contributed by atoms with Crippen molar-refractivity contribution in [3.63, 3.8) is 0 Å². The third-order valence-corrected chi connectivity index (χ3v) is 3.76. The van der Waals surface area contributed by atoms with Crippen LogP contribution in [0.3, 0.4) is 0 Å². The average Bonchev–Trinajstić information content (AvgIpc) is 2.55. The van der Waals surface area contributed by atoms with Crippen molar-refractivity contribution in [2.75, 3.05) is 34.8 Å². The quantitative estimate of drug-likeness (QED) is 0.471. The normalized spacial score (nSPS) is 15.8. The van der Waals surface area contributed by atoms with Gasteiger partial charge in [-0.25, -0.2) is 4.79 Å². The van der Waals surface area contributed by atoms with Crippen molar-refractivity contribution < 1.29 is 9.90 Å². The molecular weight excluding hydrogens is 312 g/mol. The summed E-state index contributed by atoms with van der Waals surface area (Å²) in [6.45, 7) is 1.30. The maximum atomic E-state index is 11.9. The fourth-order valence-corrected chi connectivity index (χ4v) is 2.52. The number of nitrogen functional groups attached to an aromatic ring is 1. The molecular formula is C15H18N6O3. The van der Waals surface area contributed by atoms with Gasteiger partial charge in [0.2, 0.25) is 5.95 Å². The van der Waals surface area contributed by atoms with Crippen LogP contribution in [0.1, 0.15) is 16.8 Å². The molecule has 1 aliphatic heterocycles. The molecule has 2 heterocycles. The maximum absolute atomic E-state index is 11.9. The highest BCUT2D eigenvalue weighted by Gasteiger charge is 2.21. The lowest BCUT2D eigenvalue weighted by Crippen LogP contribution is -2.38. The highest BCUT2D eigenvalue weighted by molar-refractivity contribution is 5.88. The smallest absolute Gasteiger partial charge is 0.335 e. The van der Waals surface area contributed by atoms with E-state index in [0.717, 1.165) is 12.1 Å². The average molecular weight is 330 g/mol. The van der Waals surface area contributed by atoms with Gasteiger partial charge in [0.05, 0.1) is 5.56 Å². The number of carbonyl (C=O) groups is 1. The second-order valence-corrected chi connectivity index (χ2v) is 5.49. The minimum absolute atomic E-state index is 0.0646. The Morgan fingerprint density at radius 3 is 2.83 bits per heavy atom. The highest BCUT2D eigenvalue weighted by Crippen LogP contribution is 2.21. The third-order valence-electron chi connectivity index (χ3n) is 3.76. The number of nitrogens with two attached hydrogens (primary N) is 1. The van der Waals surface area contributed by atoms with E-state index in [0.29, 0.717) is 24.6 Å². The molecule has 7 N–H and O–H groups in total. The fraction of sp³-hybridized carbons (Fsp3) is 0.267. The lowest BCUT2D eigenvalue weighted by Gasteiger charge is -2.27. The van der Waals surface area contributed by atoms with Crippen LogP contribution in [0, 0.1) is 0 Å². The summed E-state index contributed by atoms with van der Waals surface area (Å²) in [6, 6.07) is 6.62. The molecule has 0 aliphatic carbocycles. The molecule has 1 aromatic heterocycles. The van der Waals surface area contributed by atoms with E-state index in [1.165, 1.54) is 0 Å². The summed E-state index contributed by atoms with van der Waals surface area (Å²) in [5.74, 6) is -0.403. The summed E-state index contributed by atoms with van der Waals surface area (Å²) >= 11 is 0. The van der Waals surface area contributed by atoms with Gasteiger partial charge >= 0.3 is 5.97 Å².